The van der Waals surface area contributed by atoms with Gasteiger partial charge in [-0.3, -0.25) is 9.59 Å². The van der Waals surface area contributed by atoms with E-state index in [-0.39, 0.29) is 43.0 Å². The molecule has 0 spiro atoms. The minimum Gasteiger partial charge on any atom is -0.454 e. The van der Waals surface area contributed by atoms with Crippen molar-refractivity contribution in [3.8, 4) is 11.5 Å². The van der Waals surface area contributed by atoms with Gasteiger partial charge in [-0.1, -0.05) is 24.3 Å². The molecular formula is C23H27N3O6S. The molecule has 176 valence electrons. The lowest BCUT2D eigenvalue weighted by molar-refractivity contribution is -0.126. The highest BCUT2D eigenvalue weighted by molar-refractivity contribution is 7.89. The zero-order valence-corrected chi connectivity index (χ0v) is 19.0. The largest absolute Gasteiger partial charge is 0.454 e. The van der Waals surface area contributed by atoms with Gasteiger partial charge in [0.1, 0.15) is 0 Å². The van der Waals surface area contributed by atoms with Crippen molar-refractivity contribution in [1.29, 1.82) is 0 Å². The number of sulfonamides is 1. The van der Waals surface area contributed by atoms with E-state index >= 15 is 0 Å². The Kier molecular flexibility index (Phi) is 7.14. The number of carbonyl (C=O) groups is 2. The number of benzene rings is 2. The molecule has 0 aliphatic carbocycles. The van der Waals surface area contributed by atoms with Crippen molar-refractivity contribution in [2.45, 2.75) is 30.7 Å². The third kappa shape index (κ3) is 5.63. The summed E-state index contributed by atoms with van der Waals surface area (Å²) in [5.41, 5.74) is 0.888. The molecule has 2 aromatic carbocycles. The summed E-state index contributed by atoms with van der Waals surface area (Å²) in [6.07, 6.45) is 1.36. The first-order chi connectivity index (χ1) is 15.9. The van der Waals surface area contributed by atoms with Crippen LogP contribution in [0.5, 0.6) is 11.5 Å². The van der Waals surface area contributed by atoms with Crippen molar-refractivity contribution in [3.63, 3.8) is 0 Å². The molecule has 1 fully saturated rings. The molecular weight excluding hydrogens is 446 g/mol. The number of carbonyl (C=O) groups excluding carboxylic acids is 2. The molecule has 2 aliphatic heterocycles. The summed E-state index contributed by atoms with van der Waals surface area (Å²) in [6.45, 7) is 1.26. The van der Waals surface area contributed by atoms with E-state index in [0.29, 0.717) is 37.4 Å². The molecule has 0 aromatic heterocycles. The molecule has 2 aromatic rings. The molecule has 0 radical (unpaired) electrons. The predicted molar refractivity (Wildman–Crippen MR) is 120 cm³/mol. The summed E-state index contributed by atoms with van der Waals surface area (Å²) in [6, 6.07) is 13.7. The monoisotopic (exact) mass is 473 g/mol. The van der Waals surface area contributed by atoms with Crippen LogP contribution in [-0.2, 0) is 26.2 Å². The average Bonchev–Trinajstić information content (AvgIpc) is 3.31. The fourth-order valence-corrected chi connectivity index (χ4v) is 5.44. The van der Waals surface area contributed by atoms with Gasteiger partial charge in [0.2, 0.25) is 28.6 Å². The van der Waals surface area contributed by atoms with Gasteiger partial charge in [-0.25, -0.2) is 8.42 Å². The zero-order valence-electron chi connectivity index (χ0n) is 18.2. The maximum Gasteiger partial charge on any atom is 0.243 e. The number of piperidine rings is 1. The van der Waals surface area contributed by atoms with Gasteiger partial charge in [0.15, 0.2) is 11.5 Å². The lowest BCUT2D eigenvalue weighted by atomic mass is 9.99. The van der Waals surface area contributed by atoms with E-state index in [1.807, 2.05) is 12.1 Å². The Labute approximate surface area is 193 Å². The molecule has 2 amide bonds. The number of nitrogens with one attached hydrogen (secondary N) is 2. The van der Waals surface area contributed by atoms with Gasteiger partial charge in [0, 0.05) is 32.6 Å². The third-order valence-electron chi connectivity index (χ3n) is 5.71. The zero-order chi connectivity index (χ0) is 23.3. The van der Waals surface area contributed by atoms with Crippen LogP contribution >= 0.6 is 0 Å². The van der Waals surface area contributed by atoms with E-state index in [2.05, 4.69) is 10.6 Å². The molecule has 4 rings (SSSR count). The van der Waals surface area contributed by atoms with Crippen molar-refractivity contribution in [3.05, 3.63) is 54.1 Å². The third-order valence-corrected chi connectivity index (χ3v) is 7.59. The number of nitrogens with zero attached hydrogens (tertiary/aromatic N) is 1. The van der Waals surface area contributed by atoms with Gasteiger partial charge in [0.05, 0.1) is 10.8 Å². The molecule has 2 aliphatic rings. The molecule has 2 N–H and O–H groups in total. The lowest BCUT2D eigenvalue weighted by Gasteiger charge is -2.31. The molecule has 0 saturated carbocycles. The Morgan fingerprint density at radius 2 is 1.82 bits per heavy atom. The van der Waals surface area contributed by atoms with Gasteiger partial charge >= 0.3 is 0 Å². The average molecular weight is 474 g/mol. The van der Waals surface area contributed by atoms with Crippen LogP contribution in [0.3, 0.4) is 0 Å². The number of hydrogen-bond donors (Lipinski definition) is 2. The maximum absolute atomic E-state index is 12.8. The molecule has 10 heteroatoms. The van der Waals surface area contributed by atoms with E-state index in [1.54, 1.807) is 36.4 Å². The standard InChI is InChI=1S/C23H27N3O6S/c27-22(25-14-17-8-9-20-21(13-17)32-16-31-20)10-11-24-23(28)18-5-4-12-26(15-18)33(29,30)19-6-2-1-3-7-19/h1-3,6-9,13,18H,4-5,10-12,14-16H2,(H,24,28)(H,25,27)/t18-/m0/s1. The van der Waals surface area contributed by atoms with E-state index in [9.17, 15) is 18.0 Å². The van der Waals surface area contributed by atoms with E-state index in [1.165, 1.54) is 4.31 Å². The van der Waals surface area contributed by atoms with Gasteiger partial charge in [-0.15, -0.1) is 0 Å². The highest BCUT2D eigenvalue weighted by atomic mass is 32.2. The normalized spacial score (nSPS) is 18.0. The highest BCUT2D eigenvalue weighted by Gasteiger charge is 2.33. The quantitative estimate of drug-likeness (QED) is 0.603. The van der Waals surface area contributed by atoms with E-state index in [0.717, 1.165) is 5.56 Å². The van der Waals surface area contributed by atoms with Crippen molar-refractivity contribution < 1.29 is 27.5 Å². The SMILES string of the molecule is O=C(CCNC(=O)[C@H]1CCCN(S(=O)(=O)c2ccccc2)C1)NCc1ccc2c(c1)OCO2. The van der Waals surface area contributed by atoms with Gasteiger partial charge in [-0.2, -0.15) is 4.31 Å². The Morgan fingerprint density at radius 1 is 1.03 bits per heavy atom. The number of amides is 2. The van der Waals surface area contributed by atoms with Crippen LogP contribution in [0.25, 0.3) is 0 Å². The van der Waals surface area contributed by atoms with Crippen molar-refractivity contribution >= 4 is 21.8 Å². The number of ether oxygens (including phenoxy) is 2. The summed E-state index contributed by atoms with van der Waals surface area (Å²) in [4.78, 5) is 25.0. The van der Waals surface area contributed by atoms with Gasteiger partial charge in [0.25, 0.3) is 0 Å². The summed E-state index contributed by atoms with van der Waals surface area (Å²) in [5.74, 6) is 0.487. The Bertz CT molecular complexity index is 1110. The first-order valence-corrected chi connectivity index (χ1v) is 12.4. The molecule has 2 heterocycles. The molecule has 0 bridgehead atoms. The molecule has 9 nitrogen and oxygen atoms in total. The number of rotatable bonds is 8. The number of fused-ring (bicyclic) bond motifs is 1. The van der Waals surface area contributed by atoms with Crippen molar-refractivity contribution in [2.75, 3.05) is 26.4 Å². The minimum atomic E-state index is -3.63. The van der Waals surface area contributed by atoms with Crippen molar-refractivity contribution in [2.24, 2.45) is 5.92 Å². The van der Waals surface area contributed by atoms with E-state index < -0.39 is 15.9 Å². The predicted octanol–water partition coefficient (Wildman–Crippen LogP) is 1.64. The second-order valence-corrected chi connectivity index (χ2v) is 9.96. The summed E-state index contributed by atoms with van der Waals surface area (Å²) in [7, 11) is -3.63. The van der Waals surface area contributed by atoms with Gasteiger partial charge in [-0.05, 0) is 42.7 Å². The molecule has 1 atom stereocenters. The lowest BCUT2D eigenvalue weighted by Crippen LogP contribution is -2.45. The van der Waals surface area contributed by atoms with Crippen LogP contribution in [0.1, 0.15) is 24.8 Å². The van der Waals surface area contributed by atoms with Crippen LogP contribution in [0.2, 0.25) is 0 Å². The molecule has 0 unspecified atom stereocenters. The summed E-state index contributed by atoms with van der Waals surface area (Å²) >= 11 is 0. The van der Waals surface area contributed by atoms with E-state index in [4.69, 9.17) is 9.47 Å². The maximum atomic E-state index is 12.8. The first kappa shape index (κ1) is 23.1. The van der Waals surface area contributed by atoms with Crippen LogP contribution in [0.15, 0.2) is 53.4 Å². The highest BCUT2D eigenvalue weighted by Crippen LogP contribution is 2.32. The molecule has 1 saturated heterocycles. The Balaban J connectivity index is 1.21. The number of hydrogen-bond acceptors (Lipinski definition) is 6. The van der Waals surface area contributed by atoms with Crippen LogP contribution in [0, 0.1) is 5.92 Å². The van der Waals surface area contributed by atoms with Crippen molar-refractivity contribution in [1.82, 2.24) is 14.9 Å². The van der Waals surface area contributed by atoms with Crippen LogP contribution in [0.4, 0.5) is 0 Å². The first-order valence-electron chi connectivity index (χ1n) is 10.9. The summed E-state index contributed by atoms with van der Waals surface area (Å²) in [5, 5.41) is 5.58. The topological polar surface area (TPSA) is 114 Å². The fourth-order valence-electron chi connectivity index (χ4n) is 3.90. The van der Waals surface area contributed by atoms with Crippen LogP contribution in [-0.4, -0.2) is 51.0 Å². The van der Waals surface area contributed by atoms with Crippen LogP contribution < -0.4 is 20.1 Å². The fraction of sp³-hybridized carbons (Fsp3) is 0.391. The second kappa shape index (κ2) is 10.2. The van der Waals surface area contributed by atoms with Gasteiger partial charge < -0.3 is 20.1 Å². The summed E-state index contributed by atoms with van der Waals surface area (Å²) < 4.78 is 37.6. The minimum absolute atomic E-state index is 0.134. The Morgan fingerprint density at radius 3 is 2.64 bits per heavy atom. The second-order valence-electron chi connectivity index (χ2n) is 8.02. The smallest absolute Gasteiger partial charge is 0.243 e. The Hall–Kier alpha value is -3.11. The molecule has 33 heavy (non-hydrogen) atoms.